The lowest BCUT2D eigenvalue weighted by molar-refractivity contribution is -0.484. The Balaban J connectivity index is 2.03. The van der Waals surface area contributed by atoms with Gasteiger partial charge in [-0.15, -0.1) is 0 Å². The number of nitrogens with zero attached hydrogens (tertiary/aromatic N) is 3. The van der Waals surface area contributed by atoms with Crippen LogP contribution in [0.15, 0.2) is 59.7 Å². The summed E-state index contributed by atoms with van der Waals surface area (Å²) in [4.78, 5) is 35.8. The van der Waals surface area contributed by atoms with Gasteiger partial charge in [-0.05, 0) is 29.8 Å². The molecule has 9 nitrogen and oxygen atoms in total. The fourth-order valence-corrected chi connectivity index (χ4v) is 3.28. The first-order valence-corrected chi connectivity index (χ1v) is 8.91. The monoisotopic (exact) mass is 396 g/mol. The number of para-hydroxylation sites is 1. The van der Waals surface area contributed by atoms with Crippen molar-refractivity contribution in [2.24, 2.45) is 11.0 Å². The Morgan fingerprint density at radius 3 is 2.45 bits per heavy atom. The van der Waals surface area contributed by atoms with E-state index in [2.05, 4.69) is 10.4 Å². The summed E-state index contributed by atoms with van der Waals surface area (Å²) in [6.45, 7) is 0.801. The lowest BCUT2D eigenvalue weighted by atomic mass is 9.84. The second-order valence-electron chi connectivity index (χ2n) is 6.52. The first-order chi connectivity index (χ1) is 13.9. The summed E-state index contributed by atoms with van der Waals surface area (Å²) < 4.78 is 5.14. The number of hydrazone groups is 1. The van der Waals surface area contributed by atoms with Crippen LogP contribution in [0.1, 0.15) is 18.4 Å². The van der Waals surface area contributed by atoms with Crippen molar-refractivity contribution < 1.29 is 19.2 Å². The van der Waals surface area contributed by atoms with Gasteiger partial charge in [0.2, 0.25) is 12.5 Å². The normalized spacial score (nSPS) is 16.9. The minimum atomic E-state index is -1.00. The van der Waals surface area contributed by atoms with Crippen molar-refractivity contribution in [1.29, 1.82) is 0 Å². The van der Waals surface area contributed by atoms with Gasteiger partial charge in [0.05, 0.1) is 18.7 Å². The molecule has 3 rings (SSSR count). The van der Waals surface area contributed by atoms with Crippen molar-refractivity contribution in [2.45, 2.75) is 12.8 Å². The van der Waals surface area contributed by atoms with Gasteiger partial charge in [0, 0.05) is 11.8 Å². The van der Waals surface area contributed by atoms with E-state index in [4.69, 9.17) is 4.74 Å². The average molecular weight is 396 g/mol. The highest BCUT2D eigenvalue weighted by atomic mass is 16.6. The lowest BCUT2D eigenvalue weighted by Crippen LogP contribution is -2.41. The first-order valence-electron chi connectivity index (χ1n) is 8.91. The molecule has 2 atom stereocenters. The zero-order chi connectivity index (χ0) is 21.0. The topological polar surface area (TPSA) is 114 Å². The van der Waals surface area contributed by atoms with Crippen molar-refractivity contribution in [2.75, 3.05) is 18.7 Å². The third-order valence-electron chi connectivity index (χ3n) is 4.57. The van der Waals surface area contributed by atoms with Crippen LogP contribution in [0.2, 0.25) is 0 Å². The molecule has 29 heavy (non-hydrogen) atoms. The second kappa shape index (κ2) is 8.51. The molecule has 0 saturated heterocycles. The number of carbonyl (C=O) groups is 2. The minimum absolute atomic E-state index is 0.0917. The molecular weight excluding hydrogens is 376 g/mol. The minimum Gasteiger partial charge on any atom is -0.497 e. The van der Waals surface area contributed by atoms with Gasteiger partial charge in [-0.2, -0.15) is 10.1 Å². The maximum Gasteiger partial charge on any atom is 0.259 e. The fourth-order valence-electron chi connectivity index (χ4n) is 3.28. The molecular formula is C20H20N4O5. The van der Waals surface area contributed by atoms with Gasteiger partial charge in [-0.25, -0.2) is 0 Å². The van der Waals surface area contributed by atoms with Crippen LogP contribution >= 0.6 is 0 Å². The summed E-state index contributed by atoms with van der Waals surface area (Å²) in [6.07, 6.45) is 0. The highest BCUT2D eigenvalue weighted by Gasteiger charge is 2.45. The first kappa shape index (κ1) is 20.0. The third-order valence-corrected chi connectivity index (χ3v) is 4.57. The van der Waals surface area contributed by atoms with Crippen LogP contribution in [-0.2, 0) is 9.59 Å². The van der Waals surface area contributed by atoms with E-state index in [1.807, 2.05) is 0 Å². The Labute approximate surface area is 167 Å². The summed E-state index contributed by atoms with van der Waals surface area (Å²) in [7, 11) is 1.52. The predicted octanol–water partition coefficient (Wildman–Crippen LogP) is 2.17. The maximum absolute atomic E-state index is 13.2. The number of rotatable bonds is 6. The fraction of sp³-hybridized carbons (Fsp3) is 0.250. The van der Waals surface area contributed by atoms with E-state index in [0.717, 1.165) is 0 Å². The molecule has 0 fully saturated rings. The van der Waals surface area contributed by atoms with Gasteiger partial charge in [-0.1, -0.05) is 30.3 Å². The van der Waals surface area contributed by atoms with Crippen molar-refractivity contribution in [3.8, 4) is 5.75 Å². The largest absolute Gasteiger partial charge is 0.497 e. The van der Waals surface area contributed by atoms with Crippen molar-refractivity contribution in [3.05, 3.63) is 70.3 Å². The summed E-state index contributed by atoms with van der Waals surface area (Å²) in [5.41, 5.74) is 1.09. The molecule has 1 aliphatic heterocycles. The number of hydrogen-bond acceptors (Lipinski definition) is 6. The molecule has 0 spiro atoms. The number of benzene rings is 2. The molecule has 9 heteroatoms. The number of nitro groups is 1. The molecule has 150 valence electrons. The van der Waals surface area contributed by atoms with E-state index in [1.54, 1.807) is 54.6 Å². The summed E-state index contributed by atoms with van der Waals surface area (Å²) in [5, 5.41) is 19.4. The number of amidine groups is 1. The molecule has 1 N–H and O–H groups in total. The lowest BCUT2D eigenvalue weighted by Gasteiger charge is -2.21. The number of hydrogen-bond donors (Lipinski definition) is 1. The smallest absolute Gasteiger partial charge is 0.259 e. The number of nitrogens with one attached hydrogen (secondary N) is 1. The molecule has 0 saturated carbocycles. The highest BCUT2D eigenvalue weighted by Crippen LogP contribution is 2.34. The zero-order valence-corrected chi connectivity index (χ0v) is 15.9. The standard InChI is InChI=1S/C20H20N4O5/c1-13(25)21-19-18(20(26)24(22-19)15-6-4-3-5-7-15)17(12-23(27)28)14-8-10-16(29-2)11-9-14/h3-11,17-18H,12H2,1-2H3,(H,21,22,25)/t17-,18-/m1/s1. The van der Waals surface area contributed by atoms with Gasteiger partial charge < -0.3 is 10.1 Å². The van der Waals surface area contributed by atoms with Crippen LogP contribution in [0.3, 0.4) is 0 Å². The van der Waals surface area contributed by atoms with E-state index < -0.39 is 35.1 Å². The van der Waals surface area contributed by atoms with Crippen molar-refractivity contribution >= 4 is 23.3 Å². The molecule has 0 aliphatic carbocycles. The number of carbonyl (C=O) groups excluding carboxylic acids is 2. The second-order valence-corrected chi connectivity index (χ2v) is 6.52. The average Bonchev–Trinajstić information content (AvgIpc) is 3.02. The van der Waals surface area contributed by atoms with Crippen LogP contribution in [0, 0.1) is 16.0 Å². The van der Waals surface area contributed by atoms with Crippen molar-refractivity contribution in [1.82, 2.24) is 5.32 Å². The Morgan fingerprint density at radius 1 is 1.24 bits per heavy atom. The number of methoxy groups -OCH3 is 1. The third kappa shape index (κ3) is 4.40. The van der Waals surface area contributed by atoms with Gasteiger partial charge in [0.1, 0.15) is 17.5 Å². The summed E-state index contributed by atoms with van der Waals surface area (Å²) >= 11 is 0. The maximum atomic E-state index is 13.2. The van der Waals surface area contributed by atoms with Crippen molar-refractivity contribution in [3.63, 3.8) is 0 Å². The van der Waals surface area contributed by atoms with E-state index in [9.17, 15) is 19.7 Å². The van der Waals surface area contributed by atoms with E-state index >= 15 is 0 Å². The Bertz CT molecular complexity index is 943. The Morgan fingerprint density at radius 2 is 1.90 bits per heavy atom. The highest BCUT2D eigenvalue weighted by molar-refractivity contribution is 6.18. The molecule has 2 aromatic carbocycles. The van der Waals surface area contributed by atoms with Crippen LogP contribution in [-0.4, -0.2) is 36.2 Å². The summed E-state index contributed by atoms with van der Waals surface area (Å²) in [5.74, 6) is -1.99. The summed E-state index contributed by atoms with van der Waals surface area (Å²) in [6, 6.07) is 15.4. The quantitative estimate of drug-likeness (QED) is 0.594. The number of amides is 2. The number of ether oxygens (including phenoxy) is 1. The Kier molecular flexibility index (Phi) is 5.87. The van der Waals surface area contributed by atoms with E-state index in [1.165, 1.54) is 19.0 Å². The molecule has 0 radical (unpaired) electrons. The number of anilines is 1. The Hall–Kier alpha value is -3.75. The predicted molar refractivity (Wildman–Crippen MR) is 106 cm³/mol. The van der Waals surface area contributed by atoms with Gasteiger partial charge in [-0.3, -0.25) is 19.7 Å². The molecule has 2 amide bonds. The molecule has 1 aliphatic rings. The van der Waals surface area contributed by atoms with Crippen LogP contribution < -0.4 is 15.1 Å². The SMILES string of the molecule is COc1ccc([C@@H](C[N+](=O)[O-])[C@H]2C(=O)N(c3ccccc3)N=C2NC(C)=O)cc1. The van der Waals surface area contributed by atoms with E-state index in [0.29, 0.717) is 17.0 Å². The molecule has 0 aromatic heterocycles. The van der Waals surface area contributed by atoms with Gasteiger partial charge in [0.25, 0.3) is 5.91 Å². The van der Waals surface area contributed by atoms with Gasteiger partial charge >= 0.3 is 0 Å². The van der Waals surface area contributed by atoms with Crippen LogP contribution in [0.5, 0.6) is 5.75 Å². The molecule has 2 aromatic rings. The molecule has 0 unspecified atom stereocenters. The zero-order valence-electron chi connectivity index (χ0n) is 15.9. The van der Waals surface area contributed by atoms with Crippen LogP contribution in [0.25, 0.3) is 0 Å². The van der Waals surface area contributed by atoms with Gasteiger partial charge in [0.15, 0.2) is 0 Å². The van der Waals surface area contributed by atoms with Crippen LogP contribution in [0.4, 0.5) is 5.69 Å². The molecule has 1 heterocycles. The molecule has 0 bridgehead atoms. The van der Waals surface area contributed by atoms with E-state index in [-0.39, 0.29) is 5.84 Å².